The summed E-state index contributed by atoms with van der Waals surface area (Å²) < 4.78 is 0.840. The molecular formula is C10H17BrN4. The second kappa shape index (κ2) is 5.30. The van der Waals surface area contributed by atoms with E-state index in [0.29, 0.717) is 11.8 Å². The van der Waals surface area contributed by atoms with E-state index in [2.05, 4.69) is 52.0 Å². The van der Waals surface area contributed by atoms with Crippen LogP contribution >= 0.6 is 15.9 Å². The van der Waals surface area contributed by atoms with Crippen molar-refractivity contribution in [1.29, 1.82) is 0 Å². The zero-order chi connectivity index (χ0) is 11.4. The summed E-state index contributed by atoms with van der Waals surface area (Å²) in [5.41, 5.74) is 5.51. The van der Waals surface area contributed by atoms with E-state index in [1.807, 2.05) is 0 Å². The highest BCUT2D eigenvalue weighted by atomic mass is 79.9. The molecule has 1 unspecified atom stereocenters. The number of halogens is 1. The van der Waals surface area contributed by atoms with Gasteiger partial charge in [0.05, 0.1) is 4.47 Å². The van der Waals surface area contributed by atoms with Crippen LogP contribution in [0, 0.1) is 11.8 Å². The molecule has 0 fully saturated rings. The average molecular weight is 273 g/mol. The quantitative estimate of drug-likeness (QED) is 0.884. The summed E-state index contributed by atoms with van der Waals surface area (Å²) in [5, 5.41) is 3.26. The molecule has 0 aliphatic rings. The Morgan fingerprint density at radius 3 is 2.73 bits per heavy atom. The Bertz CT molecular complexity index is 327. The van der Waals surface area contributed by atoms with Crippen LogP contribution in [0.25, 0.3) is 0 Å². The number of rotatable bonds is 4. The lowest BCUT2D eigenvalue weighted by Gasteiger charge is -2.16. The maximum absolute atomic E-state index is 5.51. The molecule has 0 amide bonds. The summed E-state index contributed by atoms with van der Waals surface area (Å²) in [4.78, 5) is 7.99. The van der Waals surface area contributed by atoms with Gasteiger partial charge in [-0.2, -0.15) is 4.98 Å². The fourth-order valence-electron chi connectivity index (χ4n) is 0.998. The van der Waals surface area contributed by atoms with E-state index in [1.54, 1.807) is 6.20 Å². The molecule has 0 aliphatic carbocycles. The second-order valence-corrected chi connectivity index (χ2v) is 4.88. The number of nitrogens with one attached hydrogen (secondary N) is 1. The van der Waals surface area contributed by atoms with Gasteiger partial charge in [0, 0.05) is 12.7 Å². The minimum Gasteiger partial charge on any atom is -0.369 e. The molecule has 0 aromatic carbocycles. The van der Waals surface area contributed by atoms with E-state index in [4.69, 9.17) is 5.73 Å². The van der Waals surface area contributed by atoms with Crippen molar-refractivity contribution in [2.75, 3.05) is 17.6 Å². The molecule has 0 saturated heterocycles. The van der Waals surface area contributed by atoms with Gasteiger partial charge in [-0.1, -0.05) is 20.8 Å². The first-order chi connectivity index (χ1) is 7.00. The van der Waals surface area contributed by atoms with Crippen molar-refractivity contribution in [2.24, 2.45) is 11.8 Å². The molecule has 4 nitrogen and oxygen atoms in total. The summed E-state index contributed by atoms with van der Waals surface area (Å²) in [5.74, 6) is 2.29. The fourth-order valence-corrected chi connectivity index (χ4v) is 1.33. The van der Waals surface area contributed by atoms with E-state index >= 15 is 0 Å². The fraction of sp³-hybridized carbons (Fsp3) is 0.600. The van der Waals surface area contributed by atoms with Gasteiger partial charge in [0.25, 0.3) is 0 Å². The maximum atomic E-state index is 5.51. The summed E-state index contributed by atoms with van der Waals surface area (Å²) >= 11 is 3.37. The van der Waals surface area contributed by atoms with Gasteiger partial charge < -0.3 is 11.1 Å². The van der Waals surface area contributed by atoms with Crippen molar-refractivity contribution in [2.45, 2.75) is 20.8 Å². The molecular weight excluding hydrogens is 256 g/mol. The first-order valence-electron chi connectivity index (χ1n) is 5.02. The molecule has 0 aliphatic heterocycles. The van der Waals surface area contributed by atoms with Crippen molar-refractivity contribution >= 4 is 27.7 Å². The Morgan fingerprint density at radius 2 is 2.13 bits per heavy atom. The lowest BCUT2D eigenvalue weighted by molar-refractivity contribution is 0.439. The number of aromatic nitrogens is 2. The number of hydrogen-bond acceptors (Lipinski definition) is 4. The predicted octanol–water partition coefficient (Wildman–Crippen LogP) is 2.53. The van der Waals surface area contributed by atoms with Gasteiger partial charge in [0.2, 0.25) is 5.95 Å². The van der Waals surface area contributed by atoms with Crippen molar-refractivity contribution in [1.82, 2.24) is 9.97 Å². The first-order valence-corrected chi connectivity index (χ1v) is 5.82. The molecule has 1 rings (SSSR count). The minimum absolute atomic E-state index is 0.290. The van der Waals surface area contributed by atoms with E-state index in [0.717, 1.165) is 16.8 Å². The van der Waals surface area contributed by atoms with Gasteiger partial charge in [0.15, 0.2) is 0 Å². The molecule has 5 heteroatoms. The van der Waals surface area contributed by atoms with Crippen LogP contribution in [0.3, 0.4) is 0 Å². The third-order valence-electron chi connectivity index (χ3n) is 2.49. The zero-order valence-electron chi connectivity index (χ0n) is 9.29. The van der Waals surface area contributed by atoms with Gasteiger partial charge in [0.1, 0.15) is 5.82 Å². The molecule has 0 spiro atoms. The van der Waals surface area contributed by atoms with Gasteiger partial charge in [-0.05, 0) is 27.8 Å². The summed E-state index contributed by atoms with van der Waals surface area (Å²) in [7, 11) is 0. The Balaban J connectivity index is 2.61. The van der Waals surface area contributed by atoms with Crippen molar-refractivity contribution in [3.63, 3.8) is 0 Å². The standard InChI is InChI=1S/C10H17BrN4/c1-6(2)7(3)4-13-9-8(11)5-14-10(12)15-9/h5-7H,4H2,1-3H3,(H3,12,13,14,15). The molecule has 1 atom stereocenters. The molecule has 84 valence electrons. The Morgan fingerprint density at radius 1 is 1.47 bits per heavy atom. The van der Waals surface area contributed by atoms with Crippen LogP contribution < -0.4 is 11.1 Å². The highest BCUT2D eigenvalue weighted by molar-refractivity contribution is 9.10. The number of nitrogens with two attached hydrogens (primary N) is 1. The van der Waals surface area contributed by atoms with E-state index in [1.165, 1.54) is 0 Å². The largest absolute Gasteiger partial charge is 0.369 e. The molecule has 1 heterocycles. The maximum Gasteiger partial charge on any atom is 0.221 e. The Hall–Kier alpha value is -0.840. The van der Waals surface area contributed by atoms with Crippen LogP contribution in [0.15, 0.2) is 10.7 Å². The molecule has 3 N–H and O–H groups in total. The van der Waals surface area contributed by atoms with Crippen LogP contribution in [0.4, 0.5) is 11.8 Å². The predicted molar refractivity (Wildman–Crippen MR) is 66.6 cm³/mol. The topological polar surface area (TPSA) is 63.8 Å². The second-order valence-electron chi connectivity index (χ2n) is 4.03. The lowest BCUT2D eigenvalue weighted by atomic mass is 9.98. The van der Waals surface area contributed by atoms with E-state index in [9.17, 15) is 0 Å². The third kappa shape index (κ3) is 3.66. The molecule has 1 aromatic rings. The van der Waals surface area contributed by atoms with Crippen LogP contribution in [0.2, 0.25) is 0 Å². The highest BCUT2D eigenvalue weighted by Gasteiger charge is 2.08. The molecule has 0 bridgehead atoms. The van der Waals surface area contributed by atoms with Crippen molar-refractivity contribution in [3.05, 3.63) is 10.7 Å². The van der Waals surface area contributed by atoms with Crippen LogP contribution in [-0.4, -0.2) is 16.5 Å². The Labute approximate surface area is 98.8 Å². The van der Waals surface area contributed by atoms with Crippen molar-refractivity contribution < 1.29 is 0 Å². The zero-order valence-corrected chi connectivity index (χ0v) is 10.9. The van der Waals surface area contributed by atoms with Crippen molar-refractivity contribution in [3.8, 4) is 0 Å². The monoisotopic (exact) mass is 272 g/mol. The van der Waals surface area contributed by atoms with E-state index < -0.39 is 0 Å². The van der Waals surface area contributed by atoms with Gasteiger partial charge >= 0.3 is 0 Å². The number of anilines is 2. The van der Waals surface area contributed by atoms with Gasteiger partial charge in [-0.15, -0.1) is 0 Å². The smallest absolute Gasteiger partial charge is 0.221 e. The van der Waals surface area contributed by atoms with Gasteiger partial charge in [-0.3, -0.25) is 0 Å². The lowest BCUT2D eigenvalue weighted by Crippen LogP contribution is -2.17. The van der Waals surface area contributed by atoms with E-state index in [-0.39, 0.29) is 5.95 Å². The number of nitrogen functional groups attached to an aromatic ring is 1. The van der Waals surface area contributed by atoms with Crippen LogP contribution in [-0.2, 0) is 0 Å². The summed E-state index contributed by atoms with van der Waals surface area (Å²) in [6.07, 6.45) is 1.66. The molecule has 0 radical (unpaired) electrons. The van der Waals surface area contributed by atoms with Crippen LogP contribution in [0.5, 0.6) is 0 Å². The average Bonchev–Trinajstić information content (AvgIpc) is 2.18. The normalized spacial score (nSPS) is 12.9. The first kappa shape index (κ1) is 12.2. The molecule has 15 heavy (non-hydrogen) atoms. The SMILES string of the molecule is CC(C)C(C)CNc1nc(N)ncc1Br. The molecule has 1 aromatic heterocycles. The minimum atomic E-state index is 0.290. The third-order valence-corrected chi connectivity index (χ3v) is 3.07. The highest BCUT2D eigenvalue weighted by Crippen LogP contribution is 2.20. The summed E-state index contributed by atoms with van der Waals surface area (Å²) in [6.45, 7) is 7.49. The number of hydrogen-bond donors (Lipinski definition) is 2. The number of nitrogens with zero attached hydrogens (tertiary/aromatic N) is 2. The Kier molecular flexibility index (Phi) is 4.32. The van der Waals surface area contributed by atoms with Gasteiger partial charge in [-0.25, -0.2) is 4.98 Å². The molecule has 0 saturated carbocycles. The van der Waals surface area contributed by atoms with Crippen LogP contribution in [0.1, 0.15) is 20.8 Å². The summed E-state index contributed by atoms with van der Waals surface area (Å²) in [6, 6.07) is 0.